The fraction of sp³-hybridized carbons (Fsp3) is 0.368. The molecule has 2 unspecified atom stereocenters. The number of thioether (sulfide) groups is 1. The smallest absolute Gasteiger partial charge is 0.0599 e. The summed E-state index contributed by atoms with van der Waals surface area (Å²) < 4.78 is 0. The van der Waals surface area contributed by atoms with Crippen molar-refractivity contribution in [3.8, 4) is 0 Å². The quantitative estimate of drug-likeness (QED) is 0.369. The number of hydrogen-bond acceptors (Lipinski definition) is 1. The average molecular weight is 388 g/mol. The van der Waals surface area contributed by atoms with Crippen molar-refractivity contribution >= 4 is 46.6 Å². The van der Waals surface area contributed by atoms with E-state index in [9.17, 15) is 0 Å². The van der Waals surface area contributed by atoms with Crippen molar-refractivity contribution < 1.29 is 0 Å². The average Bonchev–Trinajstić information content (AvgIpc) is 2.46. The second kappa shape index (κ2) is 8.67. The van der Waals surface area contributed by atoms with Gasteiger partial charge in [0.1, 0.15) is 0 Å². The third-order valence-corrected chi connectivity index (χ3v) is 6.41. The van der Waals surface area contributed by atoms with Crippen LogP contribution < -0.4 is 0 Å². The Labute approximate surface area is 158 Å². The molecule has 2 aromatic carbocycles. The van der Waals surface area contributed by atoms with E-state index in [1.807, 2.05) is 36.0 Å². The fourth-order valence-corrected chi connectivity index (χ4v) is 4.67. The summed E-state index contributed by atoms with van der Waals surface area (Å²) in [6, 6.07) is 12.1. The molecule has 0 radical (unpaired) electrons. The Morgan fingerprint density at radius 3 is 2.09 bits per heavy atom. The van der Waals surface area contributed by atoms with Crippen molar-refractivity contribution in [3.05, 3.63) is 63.7 Å². The van der Waals surface area contributed by atoms with Gasteiger partial charge < -0.3 is 0 Å². The Morgan fingerprint density at radius 1 is 0.957 bits per heavy atom. The molecule has 2 aromatic rings. The number of halogens is 3. The van der Waals surface area contributed by atoms with Gasteiger partial charge in [-0.3, -0.25) is 0 Å². The Hall–Kier alpha value is -0.340. The Morgan fingerprint density at radius 2 is 1.52 bits per heavy atom. The van der Waals surface area contributed by atoms with E-state index in [2.05, 4.69) is 32.9 Å². The van der Waals surface area contributed by atoms with Crippen LogP contribution in [0.15, 0.2) is 41.3 Å². The molecule has 0 saturated carbocycles. The maximum Gasteiger partial charge on any atom is 0.0599 e. The molecule has 0 aliphatic rings. The molecule has 2 atom stereocenters. The highest BCUT2D eigenvalue weighted by molar-refractivity contribution is 7.99. The summed E-state index contributed by atoms with van der Waals surface area (Å²) in [6.45, 7) is 6.44. The van der Waals surface area contributed by atoms with Crippen LogP contribution >= 0.6 is 46.6 Å². The third-order valence-electron chi connectivity index (χ3n) is 3.71. The van der Waals surface area contributed by atoms with Crippen molar-refractivity contribution in [3.63, 3.8) is 0 Å². The maximum atomic E-state index is 6.51. The molecule has 0 saturated heterocycles. The van der Waals surface area contributed by atoms with Gasteiger partial charge in [-0.05, 0) is 56.0 Å². The van der Waals surface area contributed by atoms with Gasteiger partial charge in [-0.2, -0.15) is 0 Å². The highest BCUT2D eigenvalue weighted by Gasteiger charge is 2.16. The molecule has 0 amide bonds. The van der Waals surface area contributed by atoms with Gasteiger partial charge in [0.2, 0.25) is 0 Å². The van der Waals surface area contributed by atoms with Crippen LogP contribution in [-0.2, 0) is 0 Å². The minimum atomic E-state index is -0.0874. The molecule has 0 aliphatic carbocycles. The van der Waals surface area contributed by atoms with Gasteiger partial charge in [0.15, 0.2) is 0 Å². The van der Waals surface area contributed by atoms with E-state index < -0.39 is 0 Å². The first kappa shape index (κ1) is 19.0. The summed E-state index contributed by atoms with van der Waals surface area (Å²) in [5, 5.41) is 0.662. The molecule has 0 nitrogen and oxygen atoms in total. The first-order valence-corrected chi connectivity index (χ1v) is 9.84. The lowest BCUT2D eigenvalue weighted by molar-refractivity contribution is 0.784. The predicted molar refractivity (Wildman–Crippen MR) is 106 cm³/mol. The van der Waals surface area contributed by atoms with Crippen LogP contribution in [0.25, 0.3) is 0 Å². The number of aryl methyl sites for hydroxylation is 3. The van der Waals surface area contributed by atoms with Gasteiger partial charge in [-0.15, -0.1) is 35.0 Å². The molecular formula is C19H21Cl3S. The van der Waals surface area contributed by atoms with E-state index in [1.54, 1.807) is 0 Å². The minimum Gasteiger partial charge on any atom is -0.124 e. The number of hydrogen-bond donors (Lipinski definition) is 0. The summed E-state index contributed by atoms with van der Waals surface area (Å²) in [5.74, 6) is 0.850. The summed E-state index contributed by atoms with van der Waals surface area (Å²) in [5.41, 5.74) is 5.00. The van der Waals surface area contributed by atoms with Crippen LogP contribution in [0.4, 0.5) is 0 Å². The third kappa shape index (κ3) is 5.60. The first-order chi connectivity index (χ1) is 10.9. The zero-order chi connectivity index (χ0) is 17.0. The van der Waals surface area contributed by atoms with E-state index in [1.165, 1.54) is 21.6 Å². The summed E-state index contributed by atoms with van der Waals surface area (Å²) in [7, 11) is 0. The second-order valence-corrected chi connectivity index (χ2v) is 8.50. The van der Waals surface area contributed by atoms with Crippen molar-refractivity contribution in [1.82, 2.24) is 0 Å². The number of rotatable bonds is 6. The van der Waals surface area contributed by atoms with Crippen LogP contribution in [0.5, 0.6) is 0 Å². The monoisotopic (exact) mass is 386 g/mol. The summed E-state index contributed by atoms with van der Waals surface area (Å²) in [6.07, 6.45) is 0.738. The van der Waals surface area contributed by atoms with Gasteiger partial charge in [0, 0.05) is 21.0 Å². The highest BCUT2D eigenvalue weighted by atomic mass is 35.5. The maximum absolute atomic E-state index is 6.51. The fourth-order valence-electron chi connectivity index (χ4n) is 2.67. The number of benzene rings is 2. The molecule has 0 spiro atoms. The van der Waals surface area contributed by atoms with Crippen LogP contribution in [0, 0.1) is 20.8 Å². The molecule has 0 fully saturated rings. The molecule has 0 N–H and O–H groups in total. The van der Waals surface area contributed by atoms with E-state index in [0.29, 0.717) is 0 Å². The minimum absolute atomic E-state index is 0.0262. The topological polar surface area (TPSA) is 0 Å². The molecule has 4 heteroatoms. The molecule has 23 heavy (non-hydrogen) atoms. The molecule has 0 aromatic heterocycles. The lowest BCUT2D eigenvalue weighted by Crippen LogP contribution is -2.07. The molecule has 0 heterocycles. The number of alkyl halides is 2. The van der Waals surface area contributed by atoms with E-state index in [4.69, 9.17) is 34.8 Å². The van der Waals surface area contributed by atoms with Crippen LogP contribution in [0.1, 0.15) is 34.1 Å². The molecule has 0 aliphatic heterocycles. The van der Waals surface area contributed by atoms with E-state index in [-0.39, 0.29) is 10.8 Å². The van der Waals surface area contributed by atoms with Crippen LogP contribution in [-0.4, -0.2) is 11.1 Å². The molecule has 2 rings (SSSR count). The lowest BCUT2D eigenvalue weighted by atomic mass is 10.1. The molecule has 0 bridgehead atoms. The van der Waals surface area contributed by atoms with Gasteiger partial charge in [-0.25, -0.2) is 0 Å². The highest BCUT2D eigenvalue weighted by Crippen LogP contribution is 2.33. The lowest BCUT2D eigenvalue weighted by Gasteiger charge is -2.16. The standard InChI is InChI=1S/C19H21Cl3S/c1-12-8-13(2)19(14(3)9-12)23-11-17(21)10-18(22)15-4-6-16(20)7-5-15/h4-9,17-18H,10-11H2,1-3H3. The van der Waals surface area contributed by atoms with Gasteiger partial charge in [0.25, 0.3) is 0 Å². The van der Waals surface area contributed by atoms with Crippen molar-refractivity contribution in [2.75, 3.05) is 5.75 Å². The molecular weight excluding hydrogens is 367 g/mol. The van der Waals surface area contributed by atoms with E-state index in [0.717, 1.165) is 22.8 Å². The largest absolute Gasteiger partial charge is 0.124 e. The molecule has 124 valence electrons. The second-order valence-electron chi connectivity index (χ2n) is 5.89. The summed E-state index contributed by atoms with van der Waals surface area (Å²) in [4.78, 5) is 1.33. The normalized spacial score (nSPS) is 13.8. The van der Waals surface area contributed by atoms with E-state index >= 15 is 0 Å². The predicted octanol–water partition coefficient (Wildman–Crippen LogP) is 7.33. The zero-order valence-electron chi connectivity index (χ0n) is 13.6. The zero-order valence-corrected chi connectivity index (χ0v) is 16.7. The Kier molecular flexibility index (Phi) is 7.16. The van der Waals surface area contributed by atoms with Gasteiger partial charge >= 0.3 is 0 Å². The SMILES string of the molecule is Cc1cc(C)c(SCC(Cl)CC(Cl)c2ccc(Cl)cc2)c(C)c1. The van der Waals surface area contributed by atoms with Gasteiger partial charge in [-0.1, -0.05) is 41.4 Å². The summed E-state index contributed by atoms with van der Waals surface area (Å²) >= 11 is 20.7. The van der Waals surface area contributed by atoms with Gasteiger partial charge in [0.05, 0.1) is 5.38 Å². The van der Waals surface area contributed by atoms with Crippen LogP contribution in [0.2, 0.25) is 5.02 Å². The Balaban J connectivity index is 1.92. The Bertz CT molecular complexity index is 629. The van der Waals surface area contributed by atoms with Crippen LogP contribution in [0.3, 0.4) is 0 Å². The van der Waals surface area contributed by atoms with Crippen molar-refractivity contribution in [2.45, 2.75) is 42.8 Å². The van der Waals surface area contributed by atoms with Crippen molar-refractivity contribution in [2.24, 2.45) is 0 Å². The van der Waals surface area contributed by atoms with Crippen molar-refractivity contribution in [1.29, 1.82) is 0 Å². The first-order valence-electron chi connectivity index (χ1n) is 7.61.